The molecule has 1 aliphatic heterocycles. The van der Waals surface area contributed by atoms with Crippen LogP contribution in [0, 0.1) is 0 Å². The van der Waals surface area contributed by atoms with Crippen molar-refractivity contribution in [3.63, 3.8) is 0 Å². The van der Waals surface area contributed by atoms with Crippen molar-refractivity contribution in [2.75, 3.05) is 18.9 Å². The number of fused-ring (bicyclic) bond motifs is 3. The SMILES string of the molecule is CCNc1ncnc2[nH]c3cc(C4=NNN(C)N4)ccc3c12. The number of rotatable bonds is 3. The predicted molar refractivity (Wildman–Crippen MR) is 86.1 cm³/mol. The Balaban J connectivity index is 1.88. The summed E-state index contributed by atoms with van der Waals surface area (Å²) >= 11 is 0. The van der Waals surface area contributed by atoms with Crippen molar-refractivity contribution < 1.29 is 0 Å². The van der Waals surface area contributed by atoms with Crippen LogP contribution in [0.15, 0.2) is 29.6 Å². The predicted octanol–water partition coefficient (Wildman–Crippen LogP) is 1.16. The fourth-order valence-electron chi connectivity index (χ4n) is 2.64. The second-order valence-electron chi connectivity index (χ2n) is 5.09. The quantitative estimate of drug-likeness (QED) is 0.579. The highest BCUT2D eigenvalue weighted by Gasteiger charge is 2.15. The molecule has 2 aromatic heterocycles. The maximum atomic E-state index is 4.33. The minimum absolute atomic E-state index is 0.779. The lowest BCUT2D eigenvalue weighted by atomic mass is 10.1. The Kier molecular flexibility index (Phi) is 2.83. The molecule has 0 fully saturated rings. The topological polar surface area (TPSA) is 93.3 Å². The molecule has 0 amide bonds. The van der Waals surface area contributed by atoms with E-state index in [1.54, 1.807) is 11.4 Å². The van der Waals surface area contributed by atoms with Crippen LogP contribution in [0.4, 0.5) is 5.82 Å². The number of hydrazone groups is 1. The molecule has 4 N–H and O–H groups in total. The number of benzene rings is 1. The third kappa shape index (κ3) is 1.92. The van der Waals surface area contributed by atoms with Crippen molar-refractivity contribution in [2.45, 2.75) is 6.92 Å². The Bertz CT molecular complexity index is 881. The first-order valence-corrected chi connectivity index (χ1v) is 7.10. The Morgan fingerprint density at radius 2 is 2.18 bits per heavy atom. The van der Waals surface area contributed by atoms with E-state index in [-0.39, 0.29) is 0 Å². The first-order valence-electron chi connectivity index (χ1n) is 7.10. The summed E-state index contributed by atoms with van der Waals surface area (Å²) in [4.78, 5) is 12.0. The van der Waals surface area contributed by atoms with E-state index in [9.17, 15) is 0 Å². The molecule has 8 nitrogen and oxygen atoms in total. The van der Waals surface area contributed by atoms with Gasteiger partial charge in [-0.15, -0.1) is 10.2 Å². The number of amidine groups is 1. The van der Waals surface area contributed by atoms with Gasteiger partial charge in [0.2, 0.25) is 0 Å². The van der Waals surface area contributed by atoms with Gasteiger partial charge in [-0.3, -0.25) is 5.43 Å². The minimum atomic E-state index is 0.779. The third-order valence-electron chi connectivity index (χ3n) is 3.59. The van der Waals surface area contributed by atoms with E-state index >= 15 is 0 Å². The van der Waals surface area contributed by atoms with Crippen molar-refractivity contribution in [3.05, 3.63) is 30.1 Å². The summed E-state index contributed by atoms with van der Waals surface area (Å²) in [5.74, 6) is 1.63. The van der Waals surface area contributed by atoms with Gasteiger partial charge in [-0.2, -0.15) is 0 Å². The number of aromatic nitrogens is 3. The first kappa shape index (κ1) is 12.8. The summed E-state index contributed by atoms with van der Waals surface area (Å²) < 4.78 is 0. The van der Waals surface area contributed by atoms with E-state index in [0.29, 0.717) is 0 Å². The minimum Gasteiger partial charge on any atom is -0.370 e. The molecule has 8 heteroatoms. The van der Waals surface area contributed by atoms with Crippen LogP contribution in [0.25, 0.3) is 21.9 Å². The molecule has 1 aliphatic rings. The zero-order chi connectivity index (χ0) is 15.1. The van der Waals surface area contributed by atoms with E-state index in [2.05, 4.69) is 48.5 Å². The van der Waals surface area contributed by atoms with Crippen LogP contribution in [0.2, 0.25) is 0 Å². The normalized spacial score (nSPS) is 14.9. The van der Waals surface area contributed by atoms with E-state index in [1.807, 2.05) is 20.0 Å². The number of aromatic amines is 1. The van der Waals surface area contributed by atoms with Crippen molar-refractivity contribution in [3.8, 4) is 0 Å². The number of anilines is 1. The maximum Gasteiger partial charge on any atom is 0.170 e. The Labute approximate surface area is 126 Å². The van der Waals surface area contributed by atoms with Crippen LogP contribution in [-0.2, 0) is 0 Å². The van der Waals surface area contributed by atoms with E-state index in [1.165, 1.54) is 0 Å². The molecule has 0 saturated heterocycles. The van der Waals surface area contributed by atoms with Crippen LogP contribution >= 0.6 is 0 Å². The van der Waals surface area contributed by atoms with Crippen LogP contribution in [0.5, 0.6) is 0 Å². The summed E-state index contributed by atoms with van der Waals surface area (Å²) in [6.45, 7) is 2.86. The third-order valence-corrected chi connectivity index (χ3v) is 3.59. The molecule has 3 heterocycles. The number of H-pyrrole nitrogens is 1. The average molecular weight is 296 g/mol. The molecule has 0 atom stereocenters. The molecule has 0 aliphatic carbocycles. The van der Waals surface area contributed by atoms with Gasteiger partial charge in [-0.25, -0.2) is 15.5 Å². The second-order valence-corrected chi connectivity index (χ2v) is 5.09. The van der Waals surface area contributed by atoms with Crippen molar-refractivity contribution in [1.29, 1.82) is 0 Å². The number of hydrogen-bond donors (Lipinski definition) is 4. The smallest absolute Gasteiger partial charge is 0.170 e. The zero-order valence-corrected chi connectivity index (χ0v) is 12.3. The molecule has 4 rings (SSSR count). The highest BCUT2D eigenvalue weighted by atomic mass is 15.9. The number of hydrazine groups is 2. The van der Waals surface area contributed by atoms with Crippen LogP contribution in [-0.4, -0.2) is 39.5 Å². The molecule has 3 aromatic rings. The van der Waals surface area contributed by atoms with Gasteiger partial charge in [0, 0.05) is 30.1 Å². The largest absolute Gasteiger partial charge is 0.370 e. The van der Waals surface area contributed by atoms with Crippen LogP contribution in [0.3, 0.4) is 0 Å². The van der Waals surface area contributed by atoms with Crippen LogP contribution in [0.1, 0.15) is 12.5 Å². The van der Waals surface area contributed by atoms with Gasteiger partial charge in [-0.05, 0) is 13.0 Å². The summed E-state index contributed by atoms with van der Waals surface area (Å²) in [5.41, 5.74) is 8.78. The van der Waals surface area contributed by atoms with Gasteiger partial charge in [0.25, 0.3) is 0 Å². The molecule has 112 valence electrons. The van der Waals surface area contributed by atoms with Gasteiger partial charge in [0.15, 0.2) is 5.84 Å². The molecule has 0 spiro atoms. The van der Waals surface area contributed by atoms with E-state index in [0.717, 1.165) is 45.7 Å². The Hall–Kier alpha value is -2.87. The van der Waals surface area contributed by atoms with Crippen LogP contribution < -0.4 is 16.3 Å². The fourth-order valence-corrected chi connectivity index (χ4v) is 2.64. The number of hydrogen-bond acceptors (Lipinski definition) is 7. The average Bonchev–Trinajstić information content (AvgIpc) is 3.10. The first-order chi connectivity index (χ1) is 10.8. The van der Waals surface area contributed by atoms with E-state index in [4.69, 9.17) is 0 Å². The molecular weight excluding hydrogens is 280 g/mol. The molecule has 0 radical (unpaired) electrons. The summed E-state index contributed by atoms with van der Waals surface area (Å²) in [5, 5.41) is 11.3. The zero-order valence-electron chi connectivity index (χ0n) is 12.3. The van der Waals surface area contributed by atoms with Gasteiger partial charge < -0.3 is 10.3 Å². The lowest BCUT2D eigenvalue weighted by molar-refractivity contribution is 0.232. The lowest BCUT2D eigenvalue weighted by Gasteiger charge is -2.08. The van der Waals surface area contributed by atoms with Gasteiger partial charge in [-0.1, -0.05) is 12.1 Å². The molecule has 1 aromatic carbocycles. The second kappa shape index (κ2) is 4.85. The monoisotopic (exact) mass is 296 g/mol. The lowest BCUT2D eigenvalue weighted by Crippen LogP contribution is -2.37. The maximum absolute atomic E-state index is 4.33. The molecular formula is C14H16N8. The van der Waals surface area contributed by atoms with Crippen molar-refractivity contribution >= 4 is 33.6 Å². The number of nitrogens with zero attached hydrogens (tertiary/aromatic N) is 4. The molecule has 0 saturated carbocycles. The highest BCUT2D eigenvalue weighted by Crippen LogP contribution is 2.29. The highest BCUT2D eigenvalue weighted by molar-refractivity contribution is 6.13. The van der Waals surface area contributed by atoms with Gasteiger partial charge in [0.1, 0.15) is 17.8 Å². The molecule has 0 bridgehead atoms. The van der Waals surface area contributed by atoms with Gasteiger partial charge in [0.05, 0.1) is 5.39 Å². The standard InChI is InChI=1S/C14H16N8/c1-3-15-13-11-9-5-4-8(12-19-21-22(2)20-12)6-10(9)18-14(11)17-7-16-13/h4-7,21H,3H2,1-2H3,(H,19,20)(H2,15,16,17,18). The Morgan fingerprint density at radius 1 is 1.27 bits per heavy atom. The molecule has 22 heavy (non-hydrogen) atoms. The van der Waals surface area contributed by atoms with E-state index < -0.39 is 0 Å². The van der Waals surface area contributed by atoms with Crippen molar-refractivity contribution in [1.82, 2.24) is 31.0 Å². The Morgan fingerprint density at radius 3 is 2.95 bits per heavy atom. The van der Waals surface area contributed by atoms with Gasteiger partial charge >= 0.3 is 0 Å². The fraction of sp³-hybridized carbons (Fsp3) is 0.214. The van der Waals surface area contributed by atoms with Crippen molar-refractivity contribution in [2.24, 2.45) is 5.10 Å². The molecule has 0 unspecified atom stereocenters. The summed E-state index contributed by atoms with van der Waals surface area (Å²) in [6, 6.07) is 6.15. The summed E-state index contributed by atoms with van der Waals surface area (Å²) in [6.07, 6.45) is 1.57. The summed E-state index contributed by atoms with van der Waals surface area (Å²) in [7, 11) is 1.86. The number of nitrogens with one attached hydrogen (secondary N) is 4.